The molecule has 3 fully saturated rings. The van der Waals surface area contributed by atoms with Gasteiger partial charge in [-0.05, 0) is 19.3 Å². The number of hydrogen-bond acceptors (Lipinski definition) is 5. The third-order valence-electron chi connectivity index (χ3n) is 4.30. The van der Waals surface area contributed by atoms with Crippen LogP contribution in [0.25, 0.3) is 0 Å². The Kier molecular flexibility index (Phi) is 4.75. The van der Waals surface area contributed by atoms with Crippen molar-refractivity contribution in [1.29, 1.82) is 0 Å². The van der Waals surface area contributed by atoms with Gasteiger partial charge in [0.15, 0.2) is 0 Å². The van der Waals surface area contributed by atoms with Crippen molar-refractivity contribution >= 4 is 29.7 Å². The van der Waals surface area contributed by atoms with Gasteiger partial charge in [0.2, 0.25) is 0 Å². The van der Waals surface area contributed by atoms with Crippen LogP contribution in [-0.2, 0) is 14.4 Å². The van der Waals surface area contributed by atoms with Crippen LogP contribution < -0.4 is 10.6 Å². The monoisotopic (exact) mass is 327 g/mol. The van der Waals surface area contributed by atoms with E-state index in [-0.39, 0.29) is 30.0 Å². The molecule has 3 aliphatic rings. The lowest BCUT2D eigenvalue weighted by molar-refractivity contribution is -0.192. The molecule has 7 nitrogen and oxygen atoms in total. The van der Waals surface area contributed by atoms with Crippen molar-refractivity contribution in [3.63, 3.8) is 0 Å². The summed E-state index contributed by atoms with van der Waals surface area (Å²) in [6.45, 7) is 0.513. The summed E-state index contributed by atoms with van der Waals surface area (Å²) in [5, 5.41) is 7.48. The summed E-state index contributed by atoms with van der Waals surface area (Å²) in [6.07, 6.45) is 4.20. The van der Waals surface area contributed by atoms with E-state index in [1.165, 1.54) is 5.06 Å². The Labute approximate surface area is 133 Å². The van der Waals surface area contributed by atoms with Crippen molar-refractivity contribution in [2.24, 2.45) is 0 Å². The number of urea groups is 1. The van der Waals surface area contributed by atoms with E-state index in [1.54, 1.807) is 0 Å². The largest absolute Gasteiger partial charge is 0.338 e. The summed E-state index contributed by atoms with van der Waals surface area (Å²) < 4.78 is 0. The lowest BCUT2D eigenvalue weighted by Gasteiger charge is -2.17. The molecule has 3 aliphatic heterocycles. The Morgan fingerprint density at radius 1 is 1.32 bits per heavy atom. The molecule has 122 valence electrons. The van der Waals surface area contributed by atoms with Crippen LogP contribution in [0.1, 0.15) is 38.5 Å². The molecule has 2 N–H and O–H groups in total. The predicted molar refractivity (Wildman–Crippen MR) is 81.0 cm³/mol. The summed E-state index contributed by atoms with van der Waals surface area (Å²) in [4.78, 5) is 39.4. The summed E-state index contributed by atoms with van der Waals surface area (Å²) in [5.41, 5.74) is 0. The Morgan fingerprint density at radius 3 is 2.95 bits per heavy atom. The zero-order valence-corrected chi connectivity index (χ0v) is 13.2. The zero-order chi connectivity index (χ0) is 15.5. The van der Waals surface area contributed by atoms with Crippen molar-refractivity contribution in [3.8, 4) is 0 Å². The van der Waals surface area contributed by atoms with Crippen molar-refractivity contribution in [3.05, 3.63) is 0 Å². The normalized spacial score (nSPS) is 30.2. The first-order chi connectivity index (χ1) is 10.6. The van der Waals surface area contributed by atoms with E-state index in [2.05, 4.69) is 10.6 Å². The predicted octanol–water partition coefficient (Wildman–Crippen LogP) is 0.793. The average molecular weight is 327 g/mol. The van der Waals surface area contributed by atoms with Crippen LogP contribution >= 0.6 is 11.8 Å². The second-order valence-corrected chi connectivity index (χ2v) is 7.20. The van der Waals surface area contributed by atoms with Gasteiger partial charge in [-0.1, -0.05) is 6.42 Å². The molecule has 0 spiro atoms. The van der Waals surface area contributed by atoms with Gasteiger partial charge >= 0.3 is 12.0 Å². The highest BCUT2D eigenvalue weighted by atomic mass is 32.2. The fourth-order valence-electron chi connectivity index (χ4n) is 3.15. The highest BCUT2D eigenvalue weighted by Gasteiger charge is 2.42. The first kappa shape index (κ1) is 15.5. The number of amides is 3. The Bertz CT molecular complexity index is 473. The molecule has 0 bridgehead atoms. The molecule has 3 atom stereocenters. The number of hydroxylamine groups is 2. The zero-order valence-electron chi connectivity index (χ0n) is 12.4. The number of nitrogens with one attached hydrogen (secondary N) is 2. The van der Waals surface area contributed by atoms with Crippen LogP contribution in [0.15, 0.2) is 0 Å². The molecular weight excluding hydrogens is 306 g/mol. The molecule has 3 heterocycles. The molecule has 0 radical (unpaired) electrons. The van der Waals surface area contributed by atoms with Crippen LogP contribution in [0.5, 0.6) is 0 Å². The fourth-order valence-corrected chi connectivity index (χ4v) is 4.69. The minimum absolute atomic E-state index is 0.0702. The maximum absolute atomic E-state index is 11.7. The summed E-state index contributed by atoms with van der Waals surface area (Å²) >= 11 is 1.88. The average Bonchev–Trinajstić information content (AvgIpc) is 3.13. The van der Waals surface area contributed by atoms with Crippen LogP contribution in [0.4, 0.5) is 4.79 Å². The lowest BCUT2D eigenvalue weighted by atomic mass is 10.0. The van der Waals surface area contributed by atoms with Gasteiger partial charge in [0.25, 0.3) is 5.91 Å². The molecule has 22 heavy (non-hydrogen) atoms. The minimum atomic E-state index is -0.331. The van der Waals surface area contributed by atoms with Gasteiger partial charge in [-0.25, -0.2) is 9.59 Å². The molecule has 3 saturated heterocycles. The fraction of sp³-hybridized carbons (Fsp3) is 0.786. The van der Waals surface area contributed by atoms with Crippen molar-refractivity contribution in [2.75, 3.05) is 12.3 Å². The van der Waals surface area contributed by atoms with E-state index in [4.69, 9.17) is 4.84 Å². The summed E-state index contributed by atoms with van der Waals surface area (Å²) in [6, 6.07) is 0.388. The van der Waals surface area contributed by atoms with Gasteiger partial charge in [0.1, 0.15) is 0 Å². The third-order valence-corrected chi connectivity index (χ3v) is 5.81. The summed E-state index contributed by atoms with van der Waals surface area (Å²) in [5.74, 6) is 0.516. The SMILES string of the molecule is O=C1N[C@H]2[C@H](CS[C@H]2CCCCC(=O)ON2CCCC2=O)N1. The maximum atomic E-state index is 11.7. The molecule has 0 aliphatic carbocycles. The smallest absolute Gasteiger partial charge is 0.332 e. The number of hydrogen-bond donors (Lipinski definition) is 2. The van der Waals surface area contributed by atoms with E-state index < -0.39 is 0 Å². The Hall–Kier alpha value is -1.44. The number of thioether (sulfide) groups is 1. The molecule has 0 aromatic carbocycles. The molecule has 0 aromatic heterocycles. The first-order valence-corrected chi connectivity index (χ1v) is 8.88. The highest BCUT2D eigenvalue weighted by Crippen LogP contribution is 2.33. The van der Waals surface area contributed by atoms with E-state index in [0.29, 0.717) is 24.6 Å². The molecular formula is C14H21N3O4S. The number of fused-ring (bicyclic) bond motifs is 1. The number of unbranched alkanes of at least 4 members (excludes halogenated alkanes) is 1. The van der Waals surface area contributed by atoms with Gasteiger partial charge in [-0.2, -0.15) is 16.8 Å². The van der Waals surface area contributed by atoms with Crippen molar-refractivity contribution in [1.82, 2.24) is 15.7 Å². The van der Waals surface area contributed by atoms with Crippen LogP contribution in [0.2, 0.25) is 0 Å². The molecule has 3 amide bonds. The second-order valence-electron chi connectivity index (χ2n) is 5.93. The van der Waals surface area contributed by atoms with Crippen LogP contribution in [0, 0.1) is 0 Å². The Balaban J connectivity index is 1.31. The summed E-state index contributed by atoms with van der Waals surface area (Å²) in [7, 11) is 0. The molecule has 8 heteroatoms. The minimum Gasteiger partial charge on any atom is -0.338 e. The number of carbonyl (C=O) groups excluding carboxylic acids is 3. The quantitative estimate of drug-likeness (QED) is 0.556. The topological polar surface area (TPSA) is 87.7 Å². The van der Waals surface area contributed by atoms with E-state index in [0.717, 1.165) is 31.4 Å². The third kappa shape index (κ3) is 3.48. The van der Waals surface area contributed by atoms with Gasteiger partial charge in [0.05, 0.1) is 18.6 Å². The van der Waals surface area contributed by atoms with Crippen LogP contribution in [0.3, 0.4) is 0 Å². The van der Waals surface area contributed by atoms with E-state index in [1.807, 2.05) is 11.8 Å². The van der Waals surface area contributed by atoms with Crippen LogP contribution in [-0.4, -0.2) is 52.6 Å². The van der Waals surface area contributed by atoms with Gasteiger partial charge < -0.3 is 15.5 Å². The van der Waals surface area contributed by atoms with E-state index in [9.17, 15) is 14.4 Å². The first-order valence-electron chi connectivity index (χ1n) is 7.83. The molecule has 0 aromatic rings. The standard InChI is InChI=1S/C14H21N3O4S/c18-11-5-3-7-17(11)21-12(19)6-2-1-4-10-13-9(8-22-10)15-14(20)16-13/h9-10,13H,1-8H2,(H2,15,16,20)/t9-,10-,13-/m0/s1. The van der Waals surface area contributed by atoms with Gasteiger partial charge in [0, 0.05) is 23.8 Å². The number of carbonyl (C=O) groups is 3. The van der Waals surface area contributed by atoms with Gasteiger partial charge in [-0.3, -0.25) is 4.79 Å². The molecule has 0 saturated carbocycles. The van der Waals surface area contributed by atoms with Gasteiger partial charge in [-0.15, -0.1) is 0 Å². The van der Waals surface area contributed by atoms with Crippen molar-refractivity contribution in [2.45, 2.75) is 55.9 Å². The highest BCUT2D eigenvalue weighted by molar-refractivity contribution is 8.00. The number of nitrogens with zero attached hydrogens (tertiary/aromatic N) is 1. The van der Waals surface area contributed by atoms with Crippen molar-refractivity contribution < 1.29 is 19.2 Å². The number of rotatable bonds is 6. The molecule has 0 unspecified atom stereocenters. The lowest BCUT2D eigenvalue weighted by Crippen LogP contribution is -2.36. The molecule has 3 rings (SSSR count). The Morgan fingerprint density at radius 2 is 2.18 bits per heavy atom. The maximum Gasteiger partial charge on any atom is 0.332 e. The second kappa shape index (κ2) is 6.76. The van der Waals surface area contributed by atoms with E-state index >= 15 is 0 Å².